The molecule has 2 N–H and O–H groups in total. The minimum atomic E-state index is -1.52. The lowest BCUT2D eigenvalue weighted by Gasteiger charge is -2.39. The SMILES string of the molecule is O=C(N[C@@H](c1ccccc1)C(O)(c1ccccc1)c1ccccc1)C(c1ccccc1)c1ccccc1. The Hall–Kier alpha value is -4.47. The second kappa shape index (κ2) is 11.1. The summed E-state index contributed by atoms with van der Waals surface area (Å²) in [5.74, 6) is -0.721. The lowest BCUT2D eigenvalue weighted by atomic mass is 9.77. The van der Waals surface area contributed by atoms with Crippen LogP contribution >= 0.6 is 0 Å². The third-order valence-electron chi connectivity index (χ3n) is 6.79. The van der Waals surface area contributed by atoms with Gasteiger partial charge in [-0.25, -0.2) is 0 Å². The Morgan fingerprint density at radius 3 is 1.22 bits per heavy atom. The zero-order chi connectivity index (χ0) is 25.5. The van der Waals surface area contributed by atoms with Crippen LogP contribution in [0.2, 0.25) is 0 Å². The van der Waals surface area contributed by atoms with E-state index in [1.165, 1.54) is 0 Å². The summed E-state index contributed by atoms with van der Waals surface area (Å²) in [7, 11) is 0. The van der Waals surface area contributed by atoms with Crippen LogP contribution in [-0.4, -0.2) is 11.0 Å². The molecule has 0 heterocycles. The summed E-state index contributed by atoms with van der Waals surface area (Å²) in [5.41, 5.74) is 2.47. The van der Waals surface area contributed by atoms with Crippen molar-refractivity contribution in [2.75, 3.05) is 0 Å². The van der Waals surface area contributed by atoms with E-state index in [2.05, 4.69) is 5.32 Å². The summed E-state index contributed by atoms with van der Waals surface area (Å²) in [6.45, 7) is 0. The highest BCUT2D eigenvalue weighted by Gasteiger charge is 2.43. The minimum Gasteiger partial charge on any atom is -0.378 e. The van der Waals surface area contributed by atoms with Gasteiger partial charge >= 0.3 is 0 Å². The van der Waals surface area contributed by atoms with Gasteiger partial charge in [0.25, 0.3) is 0 Å². The third-order valence-corrected chi connectivity index (χ3v) is 6.79. The van der Waals surface area contributed by atoms with E-state index < -0.39 is 17.6 Å². The molecule has 37 heavy (non-hydrogen) atoms. The van der Waals surface area contributed by atoms with Crippen LogP contribution in [0.1, 0.15) is 39.8 Å². The molecule has 5 rings (SSSR count). The number of hydrogen-bond acceptors (Lipinski definition) is 2. The van der Waals surface area contributed by atoms with Crippen LogP contribution in [0.15, 0.2) is 152 Å². The zero-order valence-electron chi connectivity index (χ0n) is 20.4. The van der Waals surface area contributed by atoms with Crippen molar-refractivity contribution in [2.24, 2.45) is 0 Å². The molecule has 0 spiro atoms. The first-order valence-electron chi connectivity index (χ1n) is 12.5. The van der Waals surface area contributed by atoms with Gasteiger partial charge in [0.15, 0.2) is 0 Å². The third kappa shape index (κ3) is 5.09. The molecule has 3 heteroatoms. The van der Waals surface area contributed by atoms with Crippen LogP contribution in [-0.2, 0) is 10.4 Å². The maximum Gasteiger partial charge on any atom is 0.232 e. The lowest BCUT2D eigenvalue weighted by molar-refractivity contribution is -0.124. The highest BCUT2D eigenvalue weighted by atomic mass is 16.3. The summed E-state index contributed by atoms with van der Waals surface area (Å²) >= 11 is 0. The van der Waals surface area contributed by atoms with Crippen molar-refractivity contribution in [3.63, 3.8) is 0 Å². The smallest absolute Gasteiger partial charge is 0.232 e. The fraction of sp³-hybridized carbons (Fsp3) is 0.0882. The first kappa shape index (κ1) is 24.2. The fourth-order valence-electron chi connectivity index (χ4n) is 4.97. The van der Waals surface area contributed by atoms with Gasteiger partial charge < -0.3 is 10.4 Å². The van der Waals surface area contributed by atoms with E-state index in [0.29, 0.717) is 11.1 Å². The molecule has 0 aliphatic carbocycles. The molecule has 1 atom stereocenters. The Morgan fingerprint density at radius 1 is 0.514 bits per heavy atom. The van der Waals surface area contributed by atoms with E-state index in [1.54, 1.807) is 0 Å². The van der Waals surface area contributed by atoms with Gasteiger partial charge in [-0.3, -0.25) is 4.79 Å². The molecule has 3 nitrogen and oxygen atoms in total. The number of carbonyl (C=O) groups excluding carboxylic acids is 1. The van der Waals surface area contributed by atoms with Crippen LogP contribution in [0.4, 0.5) is 0 Å². The molecule has 1 amide bonds. The minimum absolute atomic E-state index is 0.184. The Bertz CT molecular complexity index is 1330. The number of rotatable bonds is 8. The monoisotopic (exact) mass is 483 g/mol. The lowest BCUT2D eigenvalue weighted by Crippen LogP contribution is -2.46. The predicted octanol–water partition coefficient (Wildman–Crippen LogP) is 6.61. The summed E-state index contributed by atoms with van der Waals surface area (Å²) in [6.07, 6.45) is 0. The molecule has 0 saturated carbocycles. The van der Waals surface area contributed by atoms with E-state index in [1.807, 2.05) is 152 Å². The van der Waals surface area contributed by atoms with Crippen LogP contribution < -0.4 is 5.32 Å². The van der Waals surface area contributed by atoms with E-state index in [-0.39, 0.29) is 5.91 Å². The highest BCUT2D eigenvalue weighted by molar-refractivity contribution is 5.87. The number of amides is 1. The van der Waals surface area contributed by atoms with Gasteiger partial charge in [-0.05, 0) is 27.8 Å². The molecular formula is C34H29NO2. The molecule has 0 unspecified atom stereocenters. The quantitative estimate of drug-likeness (QED) is 0.261. The first-order valence-corrected chi connectivity index (χ1v) is 12.5. The Labute approximate surface area is 218 Å². The topological polar surface area (TPSA) is 49.3 Å². The summed E-state index contributed by atoms with van der Waals surface area (Å²) < 4.78 is 0. The molecular weight excluding hydrogens is 454 g/mol. The number of carbonyl (C=O) groups is 1. The zero-order valence-corrected chi connectivity index (χ0v) is 20.4. The van der Waals surface area contributed by atoms with Crippen molar-refractivity contribution in [3.05, 3.63) is 179 Å². The van der Waals surface area contributed by atoms with E-state index in [4.69, 9.17) is 0 Å². The maximum absolute atomic E-state index is 14.2. The number of nitrogens with one attached hydrogen (secondary N) is 1. The van der Waals surface area contributed by atoms with Gasteiger partial charge in [0.1, 0.15) is 5.60 Å². The van der Waals surface area contributed by atoms with Gasteiger partial charge in [0, 0.05) is 0 Å². The van der Waals surface area contributed by atoms with Crippen LogP contribution in [0.5, 0.6) is 0 Å². The van der Waals surface area contributed by atoms with E-state index >= 15 is 0 Å². The number of aliphatic hydroxyl groups is 1. The summed E-state index contributed by atoms with van der Waals surface area (Å²) in [6, 6.07) is 47.5. The normalized spacial score (nSPS) is 12.2. The van der Waals surface area contributed by atoms with E-state index in [0.717, 1.165) is 16.7 Å². The van der Waals surface area contributed by atoms with Crippen LogP contribution in [0, 0.1) is 0 Å². The fourth-order valence-corrected chi connectivity index (χ4v) is 4.97. The predicted molar refractivity (Wildman–Crippen MR) is 148 cm³/mol. The van der Waals surface area contributed by atoms with Gasteiger partial charge in [-0.15, -0.1) is 0 Å². The van der Waals surface area contributed by atoms with Gasteiger partial charge in [-0.2, -0.15) is 0 Å². The molecule has 5 aromatic rings. The Balaban J connectivity index is 1.65. The van der Waals surface area contributed by atoms with Gasteiger partial charge in [0.05, 0.1) is 12.0 Å². The maximum atomic E-state index is 14.2. The van der Waals surface area contributed by atoms with Crippen LogP contribution in [0.25, 0.3) is 0 Å². The van der Waals surface area contributed by atoms with Crippen molar-refractivity contribution in [1.29, 1.82) is 0 Å². The molecule has 182 valence electrons. The Morgan fingerprint density at radius 2 is 0.838 bits per heavy atom. The highest BCUT2D eigenvalue weighted by Crippen LogP contribution is 2.41. The molecule has 0 bridgehead atoms. The molecule has 0 saturated heterocycles. The molecule has 5 aromatic carbocycles. The van der Waals surface area contributed by atoms with Crippen molar-refractivity contribution >= 4 is 5.91 Å². The first-order chi connectivity index (χ1) is 18.2. The second-order valence-corrected chi connectivity index (χ2v) is 9.11. The average molecular weight is 484 g/mol. The van der Waals surface area contributed by atoms with Crippen molar-refractivity contribution < 1.29 is 9.90 Å². The molecule has 0 aliphatic rings. The van der Waals surface area contributed by atoms with Crippen molar-refractivity contribution in [2.45, 2.75) is 17.6 Å². The molecule has 0 aliphatic heterocycles. The summed E-state index contributed by atoms with van der Waals surface area (Å²) in [5, 5.41) is 15.9. The molecule has 0 aromatic heterocycles. The average Bonchev–Trinajstić information content (AvgIpc) is 2.98. The second-order valence-electron chi connectivity index (χ2n) is 9.11. The largest absolute Gasteiger partial charge is 0.378 e. The number of benzene rings is 5. The molecule has 0 fully saturated rings. The van der Waals surface area contributed by atoms with Crippen LogP contribution in [0.3, 0.4) is 0 Å². The van der Waals surface area contributed by atoms with Crippen molar-refractivity contribution in [1.82, 2.24) is 5.32 Å². The number of hydrogen-bond donors (Lipinski definition) is 2. The standard InChI is InChI=1S/C34H29NO2/c36-33(31(26-16-6-1-7-17-26)27-18-8-2-9-19-27)35-32(28-20-10-3-11-21-28)34(37,29-22-12-4-13-23-29)30-24-14-5-15-25-30/h1-25,31-32,37H,(H,35,36)/t32-/m0/s1. The van der Waals surface area contributed by atoms with E-state index in [9.17, 15) is 9.90 Å². The van der Waals surface area contributed by atoms with Gasteiger partial charge in [0.2, 0.25) is 5.91 Å². The van der Waals surface area contributed by atoms with Gasteiger partial charge in [-0.1, -0.05) is 152 Å². The Kier molecular flexibility index (Phi) is 7.25. The van der Waals surface area contributed by atoms with Crippen molar-refractivity contribution in [3.8, 4) is 0 Å². The summed E-state index contributed by atoms with van der Waals surface area (Å²) in [4.78, 5) is 14.2. The molecule has 0 radical (unpaired) electrons.